The van der Waals surface area contributed by atoms with Crippen LogP contribution in [0.5, 0.6) is 0 Å². The van der Waals surface area contributed by atoms with Gasteiger partial charge in [0.05, 0.1) is 11.8 Å². The fourth-order valence-electron chi connectivity index (χ4n) is 2.63. The summed E-state index contributed by atoms with van der Waals surface area (Å²) < 4.78 is 46.6. The van der Waals surface area contributed by atoms with E-state index in [0.717, 1.165) is 6.07 Å². The molecular formula is C16H10F3N3O. The first kappa shape index (κ1) is 13.8. The van der Waals surface area contributed by atoms with Crippen molar-refractivity contribution in [1.82, 2.24) is 14.4 Å². The molecule has 0 aliphatic rings. The van der Waals surface area contributed by atoms with Gasteiger partial charge in [-0.2, -0.15) is 13.2 Å². The van der Waals surface area contributed by atoms with Crippen LogP contribution in [0.4, 0.5) is 13.2 Å². The Bertz CT molecular complexity index is 1020. The van der Waals surface area contributed by atoms with Crippen LogP contribution in [0, 0.1) is 6.92 Å². The van der Waals surface area contributed by atoms with Crippen LogP contribution in [0.15, 0.2) is 47.2 Å². The predicted octanol–water partition coefficient (Wildman–Crippen LogP) is 4.47. The van der Waals surface area contributed by atoms with E-state index in [1.54, 1.807) is 28.8 Å². The molecule has 7 heteroatoms. The van der Waals surface area contributed by atoms with Gasteiger partial charge in [-0.3, -0.25) is 4.40 Å². The Morgan fingerprint density at radius 2 is 1.96 bits per heavy atom. The largest absolute Gasteiger partial charge is 0.463 e. The molecule has 0 bridgehead atoms. The standard InChI is InChI=1S/C16H10F3N3O/c1-9-7-11(16(17,18)19)10-4-5-14-21-12(13-3-2-6-23-13)8-22(14)15(10)20-9/h2-8H,1H3. The fourth-order valence-corrected chi connectivity index (χ4v) is 2.63. The van der Waals surface area contributed by atoms with Crippen LogP contribution in [0.25, 0.3) is 28.1 Å². The number of rotatable bonds is 1. The van der Waals surface area contributed by atoms with Crippen LogP contribution in [0.2, 0.25) is 0 Å². The first-order valence-corrected chi connectivity index (χ1v) is 6.84. The molecule has 4 aromatic heterocycles. The van der Waals surface area contributed by atoms with Crippen LogP contribution < -0.4 is 0 Å². The maximum Gasteiger partial charge on any atom is 0.417 e. The highest BCUT2D eigenvalue weighted by Gasteiger charge is 2.33. The maximum absolute atomic E-state index is 13.3. The van der Waals surface area contributed by atoms with Crippen LogP contribution in [0.3, 0.4) is 0 Å². The second-order valence-electron chi connectivity index (χ2n) is 5.21. The number of pyridine rings is 2. The quantitative estimate of drug-likeness (QED) is 0.520. The van der Waals surface area contributed by atoms with Gasteiger partial charge >= 0.3 is 6.18 Å². The van der Waals surface area contributed by atoms with E-state index in [1.807, 2.05) is 0 Å². The van der Waals surface area contributed by atoms with E-state index >= 15 is 0 Å². The van der Waals surface area contributed by atoms with Gasteiger partial charge in [0.25, 0.3) is 0 Å². The Labute approximate surface area is 128 Å². The molecule has 4 heterocycles. The zero-order valence-corrected chi connectivity index (χ0v) is 11.9. The number of hydrogen-bond donors (Lipinski definition) is 0. The topological polar surface area (TPSA) is 43.3 Å². The van der Waals surface area contributed by atoms with Crippen molar-refractivity contribution in [2.24, 2.45) is 0 Å². The van der Waals surface area contributed by atoms with Gasteiger partial charge in [0.15, 0.2) is 5.76 Å². The molecule has 0 amide bonds. The number of nitrogens with zero attached hydrogens (tertiary/aromatic N) is 3. The van der Waals surface area contributed by atoms with Crippen molar-refractivity contribution in [3.8, 4) is 11.5 Å². The van der Waals surface area contributed by atoms with Crippen molar-refractivity contribution < 1.29 is 17.6 Å². The SMILES string of the molecule is Cc1cc(C(F)(F)F)c2ccc3nc(-c4ccco4)cn3c2n1. The molecule has 116 valence electrons. The molecular weight excluding hydrogens is 307 g/mol. The second kappa shape index (κ2) is 4.58. The monoisotopic (exact) mass is 317 g/mol. The number of furan rings is 1. The van der Waals surface area contributed by atoms with Gasteiger partial charge in [0, 0.05) is 17.3 Å². The van der Waals surface area contributed by atoms with Crippen molar-refractivity contribution in [1.29, 1.82) is 0 Å². The molecule has 0 aliphatic carbocycles. The van der Waals surface area contributed by atoms with Crippen LogP contribution in [-0.4, -0.2) is 14.4 Å². The molecule has 0 N–H and O–H groups in total. The van der Waals surface area contributed by atoms with Gasteiger partial charge in [0.1, 0.15) is 17.0 Å². The van der Waals surface area contributed by atoms with Crippen LogP contribution >= 0.6 is 0 Å². The van der Waals surface area contributed by atoms with E-state index in [2.05, 4.69) is 9.97 Å². The average molecular weight is 317 g/mol. The second-order valence-corrected chi connectivity index (χ2v) is 5.21. The maximum atomic E-state index is 13.3. The molecule has 0 spiro atoms. The first-order chi connectivity index (χ1) is 10.9. The molecule has 0 fully saturated rings. The summed E-state index contributed by atoms with van der Waals surface area (Å²) in [6.07, 6.45) is -1.30. The van der Waals surface area contributed by atoms with Crippen molar-refractivity contribution >= 4 is 16.7 Å². The number of alkyl halides is 3. The highest BCUT2D eigenvalue weighted by molar-refractivity contribution is 5.83. The minimum absolute atomic E-state index is 0.0407. The molecule has 0 aliphatic heterocycles. The van der Waals surface area contributed by atoms with Gasteiger partial charge in [0.2, 0.25) is 0 Å². The Morgan fingerprint density at radius 3 is 2.65 bits per heavy atom. The number of aromatic nitrogens is 3. The van der Waals surface area contributed by atoms with Crippen molar-refractivity contribution in [3.05, 3.63) is 54.0 Å². The summed E-state index contributed by atoms with van der Waals surface area (Å²) in [5, 5.41) is 0.0407. The summed E-state index contributed by atoms with van der Waals surface area (Å²) in [5.41, 5.74) is 0.871. The van der Waals surface area contributed by atoms with E-state index in [1.165, 1.54) is 19.3 Å². The molecule has 23 heavy (non-hydrogen) atoms. The molecule has 0 saturated heterocycles. The zero-order chi connectivity index (χ0) is 16.2. The third kappa shape index (κ3) is 2.16. The van der Waals surface area contributed by atoms with Crippen LogP contribution in [0.1, 0.15) is 11.3 Å². The Hall–Kier alpha value is -2.83. The summed E-state index contributed by atoms with van der Waals surface area (Å²) in [6, 6.07) is 7.46. The lowest BCUT2D eigenvalue weighted by molar-refractivity contribution is -0.136. The van der Waals surface area contributed by atoms with E-state index in [4.69, 9.17) is 4.42 Å². The zero-order valence-electron chi connectivity index (χ0n) is 11.9. The smallest absolute Gasteiger partial charge is 0.417 e. The van der Waals surface area contributed by atoms with E-state index in [-0.39, 0.29) is 11.0 Å². The summed E-state index contributed by atoms with van der Waals surface area (Å²) in [5.74, 6) is 0.547. The van der Waals surface area contributed by atoms with Crippen LogP contribution in [-0.2, 0) is 6.18 Å². The number of hydrogen-bond acceptors (Lipinski definition) is 3. The van der Waals surface area contributed by atoms with Crippen molar-refractivity contribution in [2.75, 3.05) is 0 Å². The molecule has 4 aromatic rings. The molecule has 0 radical (unpaired) electrons. The number of imidazole rings is 1. The minimum atomic E-state index is -4.44. The van der Waals surface area contributed by atoms with E-state index in [0.29, 0.717) is 22.8 Å². The Kier molecular flexibility index (Phi) is 2.75. The lowest BCUT2D eigenvalue weighted by Gasteiger charge is -2.11. The van der Waals surface area contributed by atoms with Gasteiger partial charge in [-0.15, -0.1) is 0 Å². The number of aryl methyl sites for hydroxylation is 1. The normalized spacial score (nSPS) is 12.3. The Morgan fingerprint density at radius 1 is 1.13 bits per heavy atom. The lowest BCUT2D eigenvalue weighted by Crippen LogP contribution is -2.08. The number of halogens is 3. The molecule has 0 aromatic carbocycles. The summed E-state index contributed by atoms with van der Waals surface area (Å²) in [4.78, 5) is 8.64. The van der Waals surface area contributed by atoms with Gasteiger partial charge in [-0.25, -0.2) is 9.97 Å². The predicted molar refractivity (Wildman–Crippen MR) is 77.9 cm³/mol. The summed E-state index contributed by atoms with van der Waals surface area (Å²) >= 11 is 0. The van der Waals surface area contributed by atoms with E-state index in [9.17, 15) is 13.2 Å². The van der Waals surface area contributed by atoms with Gasteiger partial charge in [-0.05, 0) is 37.3 Å². The van der Waals surface area contributed by atoms with E-state index < -0.39 is 11.7 Å². The lowest BCUT2D eigenvalue weighted by atomic mass is 10.1. The minimum Gasteiger partial charge on any atom is -0.463 e. The summed E-state index contributed by atoms with van der Waals surface area (Å²) in [6.45, 7) is 1.54. The highest BCUT2D eigenvalue weighted by atomic mass is 19.4. The Balaban J connectivity index is 2.07. The molecule has 0 atom stereocenters. The molecule has 0 saturated carbocycles. The molecule has 4 nitrogen and oxygen atoms in total. The van der Waals surface area contributed by atoms with Gasteiger partial charge in [-0.1, -0.05) is 0 Å². The molecule has 0 unspecified atom stereocenters. The van der Waals surface area contributed by atoms with Crippen molar-refractivity contribution in [3.63, 3.8) is 0 Å². The number of fused-ring (bicyclic) bond motifs is 3. The average Bonchev–Trinajstić information content (AvgIpc) is 3.14. The fraction of sp³-hybridized carbons (Fsp3) is 0.125. The summed E-state index contributed by atoms with van der Waals surface area (Å²) in [7, 11) is 0. The van der Waals surface area contributed by atoms with Gasteiger partial charge < -0.3 is 4.42 Å². The van der Waals surface area contributed by atoms with Crippen molar-refractivity contribution in [2.45, 2.75) is 13.1 Å². The third-order valence-electron chi connectivity index (χ3n) is 3.61. The third-order valence-corrected chi connectivity index (χ3v) is 3.61. The molecule has 4 rings (SSSR count). The highest BCUT2D eigenvalue weighted by Crippen LogP contribution is 2.35. The first-order valence-electron chi connectivity index (χ1n) is 6.84.